The zero-order chi connectivity index (χ0) is 9.26. The second-order valence-corrected chi connectivity index (χ2v) is 4.24. The smallest absolute Gasteiger partial charge is 0.146 e. The molecule has 3 unspecified atom stereocenters. The molecular weight excluding hydrogens is 164 g/mol. The summed E-state index contributed by atoms with van der Waals surface area (Å²) in [5, 5.41) is 6.84. The van der Waals surface area contributed by atoms with Crippen molar-refractivity contribution in [2.24, 2.45) is 5.92 Å². The molecule has 0 aromatic carbocycles. The average Bonchev–Trinajstić information content (AvgIpc) is 2.17. The lowest BCUT2D eigenvalue weighted by atomic mass is 9.85. The topological polar surface area (TPSA) is 41.1 Å². The minimum absolute atomic E-state index is 0.104. The minimum atomic E-state index is 0.104. The molecule has 0 saturated carbocycles. The molecule has 0 aromatic heterocycles. The number of fused-ring (bicyclic) bond motifs is 1. The van der Waals surface area contributed by atoms with Gasteiger partial charge in [0, 0.05) is 0 Å². The summed E-state index contributed by atoms with van der Waals surface area (Å²) in [6, 6.07) is 0.104. The summed E-state index contributed by atoms with van der Waals surface area (Å²) in [6.45, 7) is 2.78. The Labute approximate surface area is 79.3 Å². The summed E-state index contributed by atoms with van der Waals surface area (Å²) in [6.07, 6.45) is 5.23. The van der Waals surface area contributed by atoms with Crippen LogP contribution in [0.1, 0.15) is 32.6 Å². The molecule has 2 aliphatic rings. The van der Waals surface area contributed by atoms with Gasteiger partial charge < -0.3 is 5.32 Å². The fraction of sp³-hybridized carbons (Fsp3) is 0.900. The Balaban J connectivity index is 1.95. The Morgan fingerprint density at radius 3 is 2.92 bits per heavy atom. The molecule has 3 nitrogen and oxygen atoms in total. The van der Waals surface area contributed by atoms with Crippen LogP contribution < -0.4 is 10.6 Å². The lowest BCUT2D eigenvalue weighted by Crippen LogP contribution is -2.59. The fourth-order valence-electron chi connectivity index (χ4n) is 2.46. The first-order chi connectivity index (χ1) is 6.27. The van der Waals surface area contributed by atoms with Gasteiger partial charge in [-0.2, -0.15) is 0 Å². The molecule has 0 aromatic rings. The molecule has 0 bridgehead atoms. The van der Waals surface area contributed by atoms with Gasteiger partial charge in [0.2, 0.25) is 0 Å². The second-order valence-electron chi connectivity index (χ2n) is 4.24. The first-order valence-electron chi connectivity index (χ1n) is 5.27. The standard InChI is InChI=1S/C10H18N2O/c1-7(13)9-5-4-8-3-2-6-11-10(8)12-9/h8-12H,2-6H2,1H3. The van der Waals surface area contributed by atoms with E-state index in [0.717, 1.165) is 18.9 Å². The molecule has 13 heavy (non-hydrogen) atoms. The third kappa shape index (κ3) is 1.92. The van der Waals surface area contributed by atoms with Gasteiger partial charge in [0.1, 0.15) is 5.78 Å². The number of piperidine rings is 2. The summed E-state index contributed by atoms with van der Waals surface area (Å²) < 4.78 is 0. The van der Waals surface area contributed by atoms with Crippen LogP contribution in [-0.2, 0) is 4.79 Å². The van der Waals surface area contributed by atoms with E-state index in [2.05, 4.69) is 10.6 Å². The number of carbonyl (C=O) groups excluding carboxylic acids is 1. The van der Waals surface area contributed by atoms with Crippen molar-refractivity contribution in [2.45, 2.75) is 44.8 Å². The molecule has 0 radical (unpaired) electrons. The molecule has 2 fully saturated rings. The van der Waals surface area contributed by atoms with Gasteiger partial charge in [-0.25, -0.2) is 0 Å². The number of ketones is 1. The Bertz CT molecular complexity index is 205. The van der Waals surface area contributed by atoms with E-state index in [1.165, 1.54) is 19.3 Å². The molecule has 0 spiro atoms. The lowest BCUT2D eigenvalue weighted by Gasteiger charge is -2.40. The van der Waals surface area contributed by atoms with Crippen LogP contribution in [0.4, 0.5) is 0 Å². The van der Waals surface area contributed by atoms with E-state index in [-0.39, 0.29) is 11.8 Å². The maximum absolute atomic E-state index is 11.2. The highest BCUT2D eigenvalue weighted by molar-refractivity contribution is 5.81. The number of carbonyl (C=O) groups is 1. The predicted molar refractivity (Wildman–Crippen MR) is 51.4 cm³/mol. The zero-order valence-corrected chi connectivity index (χ0v) is 8.18. The van der Waals surface area contributed by atoms with Crippen molar-refractivity contribution in [2.75, 3.05) is 6.54 Å². The van der Waals surface area contributed by atoms with E-state index < -0.39 is 0 Å². The van der Waals surface area contributed by atoms with Gasteiger partial charge in [-0.15, -0.1) is 0 Å². The molecule has 2 heterocycles. The summed E-state index contributed by atoms with van der Waals surface area (Å²) in [7, 11) is 0. The Morgan fingerprint density at radius 2 is 2.15 bits per heavy atom. The van der Waals surface area contributed by atoms with Gasteiger partial charge in [-0.3, -0.25) is 10.1 Å². The van der Waals surface area contributed by atoms with Crippen LogP contribution in [0, 0.1) is 5.92 Å². The molecule has 0 amide bonds. The monoisotopic (exact) mass is 182 g/mol. The van der Waals surface area contributed by atoms with Crippen LogP contribution in [-0.4, -0.2) is 24.5 Å². The average molecular weight is 182 g/mol. The quantitative estimate of drug-likeness (QED) is 0.625. The summed E-state index contributed by atoms with van der Waals surface area (Å²) >= 11 is 0. The van der Waals surface area contributed by atoms with Gasteiger partial charge in [0.15, 0.2) is 0 Å². The normalized spacial score (nSPS) is 39.6. The van der Waals surface area contributed by atoms with E-state index in [1.807, 2.05) is 0 Å². The van der Waals surface area contributed by atoms with Crippen molar-refractivity contribution >= 4 is 5.78 Å². The van der Waals surface area contributed by atoms with Crippen LogP contribution in [0.25, 0.3) is 0 Å². The van der Waals surface area contributed by atoms with E-state index in [0.29, 0.717) is 6.17 Å². The fourth-order valence-corrected chi connectivity index (χ4v) is 2.46. The SMILES string of the molecule is CC(=O)C1CCC2CCCNC2N1. The van der Waals surface area contributed by atoms with Crippen LogP contribution in [0.15, 0.2) is 0 Å². The van der Waals surface area contributed by atoms with Crippen molar-refractivity contribution in [3.05, 3.63) is 0 Å². The zero-order valence-electron chi connectivity index (χ0n) is 8.18. The number of Topliss-reactive ketones (excluding diaryl/α,β-unsaturated/α-hetero) is 1. The van der Waals surface area contributed by atoms with Crippen molar-refractivity contribution in [3.8, 4) is 0 Å². The number of rotatable bonds is 1. The van der Waals surface area contributed by atoms with Gasteiger partial charge in [0.25, 0.3) is 0 Å². The van der Waals surface area contributed by atoms with E-state index in [9.17, 15) is 4.79 Å². The van der Waals surface area contributed by atoms with Gasteiger partial charge in [0.05, 0.1) is 12.2 Å². The largest absolute Gasteiger partial charge is 0.302 e. The third-order valence-corrected chi connectivity index (χ3v) is 3.28. The lowest BCUT2D eigenvalue weighted by molar-refractivity contribution is -0.120. The van der Waals surface area contributed by atoms with Gasteiger partial charge in [-0.05, 0) is 45.1 Å². The first kappa shape index (κ1) is 9.16. The maximum Gasteiger partial charge on any atom is 0.146 e. The molecule has 2 aliphatic heterocycles. The number of hydrogen-bond acceptors (Lipinski definition) is 3. The predicted octanol–water partition coefficient (Wildman–Crippen LogP) is 0.653. The highest BCUT2D eigenvalue weighted by Crippen LogP contribution is 2.25. The second kappa shape index (κ2) is 3.76. The summed E-state index contributed by atoms with van der Waals surface area (Å²) in [5.74, 6) is 1.04. The van der Waals surface area contributed by atoms with E-state index >= 15 is 0 Å². The van der Waals surface area contributed by atoms with Crippen molar-refractivity contribution < 1.29 is 4.79 Å². The highest BCUT2D eigenvalue weighted by Gasteiger charge is 2.32. The van der Waals surface area contributed by atoms with Crippen LogP contribution in [0.5, 0.6) is 0 Å². The first-order valence-corrected chi connectivity index (χ1v) is 5.27. The molecule has 2 saturated heterocycles. The molecular formula is C10H18N2O. The molecule has 2 rings (SSSR count). The van der Waals surface area contributed by atoms with Gasteiger partial charge >= 0.3 is 0 Å². The summed E-state index contributed by atoms with van der Waals surface area (Å²) in [5.41, 5.74) is 0. The third-order valence-electron chi connectivity index (χ3n) is 3.28. The molecule has 0 aliphatic carbocycles. The summed E-state index contributed by atoms with van der Waals surface area (Å²) in [4.78, 5) is 11.2. The maximum atomic E-state index is 11.2. The van der Waals surface area contributed by atoms with Crippen molar-refractivity contribution in [1.29, 1.82) is 0 Å². The number of hydrogen-bond donors (Lipinski definition) is 2. The van der Waals surface area contributed by atoms with E-state index in [4.69, 9.17) is 0 Å². The van der Waals surface area contributed by atoms with Crippen molar-refractivity contribution in [1.82, 2.24) is 10.6 Å². The Morgan fingerprint density at radius 1 is 1.31 bits per heavy atom. The highest BCUT2D eigenvalue weighted by atomic mass is 16.1. The minimum Gasteiger partial charge on any atom is -0.302 e. The van der Waals surface area contributed by atoms with E-state index in [1.54, 1.807) is 6.92 Å². The van der Waals surface area contributed by atoms with Crippen LogP contribution in [0.2, 0.25) is 0 Å². The van der Waals surface area contributed by atoms with Crippen LogP contribution in [0.3, 0.4) is 0 Å². The Kier molecular flexibility index (Phi) is 2.65. The van der Waals surface area contributed by atoms with Crippen LogP contribution >= 0.6 is 0 Å². The number of nitrogens with one attached hydrogen (secondary N) is 2. The van der Waals surface area contributed by atoms with Crippen molar-refractivity contribution in [3.63, 3.8) is 0 Å². The molecule has 74 valence electrons. The molecule has 3 atom stereocenters. The molecule has 3 heteroatoms. The van der Waals surface area contributed by atoms with Gasteiger partial charge in [-0.1, -0.05) is 0 Å². The molecule has 2 N–H and O–H groups in total. The Hall–Kier alpha value is -0.410.